The van der Waals surface area contributed by atoms with Crippen LogP contribution in [-0.2, 0) is 5.41 Å². The largest absolute Gasteiger partial charge is 0.455 e. The smallest absolute Gasteiger partial charge is 0.143 e. The zero-order valence-electron chi connectivity index (χ0n) is 31.7. The predicted molar refractivity (Wildman–Crippen MR) is 238 cm³/mol. The molecule has 11 rings (SSSR count). The lowest BCUT2D eigenvalue weighted by Crippen LogP contribution is -2.10. The van der Waals surface area contributed by atoms with E-state index in [9.17, 15) is 0 Å². The fourth-order valence-electron chi connectivity index (χ4n) is 9.04. The van der Waals surface area contributed by atoms with Crippen LogP contribution in [0.2, 0.25) is 0 Å². The number of rotatable bonds is 4. The van der Waals surface area contributed by atoms with Crippen LogP contribution < -0.4 is 0 Å². The molecule has 0 aliphatic carbocycles. The van der Waals surface area contributed by atoms with Crippen LogP contribution in [0, 0.1) is 0 Å². The maximum atomic E-state index is 6.46. The van der Waals surface area contributed by atoms with Gasteiger partial charge in [-0.05, 0) is 103 Å². The van der Waals surface area contributed by atoms with Gasteiger partial charge in [-0.2, -0.15) is 0 Å². The number of para-hydroxylation sites is 3. The minimum absolute atomic E-state index is 0.0272. The van der Waals surface area contributed by atoms with Gasteiger partial charge in [0, 0.05) is 32.8 Å². The minimum Gasteiger partial charge on any atom is -0.455 e. The van der Waals surface area contributed by atoms with Crippen LogP contribution in [0.4, 0.5) is 0 Å². The van der Waals surface area contributed by atoms with E-state index in [1.807, 2.05) is 6.07 Å². The Labute approximate surface area is 325 Å². The second-order valence-electron chi connectivity index (χ2n) is 16.1. The highest BCUT2D eigenvalue weighted by Crippen LogP contribution is 2.45. The van der Waals surface area contributed by atoms with E-state index in [4.69, 9.17) is 4.42 Å². The normalized spacial score (nSPS) is 12.2. The molecule has 9 aromatic carbocycles. The van der Waals surface area contributed by atoms with Gasteiger partial charge in [0.2, 0.25) is 0 Å². The van der Waals surface area contributed by atoms with Crippen molar-refractivity contribution in [3.05, 3.63) is 188 Å². The van der Waals surface area contributed by atoms with E-state index in [0.717, 1.165) is 38.8 Å². The van der Waals surface area contributed by atoms with Gasteiger partial charge in [0.25, 0.3) is 0 Å². The molecule has 0 saturated carbocycles. The van der Waals surface area contributed by atoms with E-state index in [1.165, 1.54) is 71.2 Å². The molecule has 266 valence electrons. The third-order valence-electron chi connectivity index (χ3n) is 11.8. The predicted octanol–water partition coefficient (Wildman–Crippen LogP) is 15.3. The molecule has 0 spiro atoms. The second-order valence-corrected chi connectivity index (χ2v) is 16.1. The molecule has 2 heterocycles. The summed E-state index contributed by atoms with van der Waals surface area (Å²) in [5, 5.41) is 9.84. The van der Waals surface area contributed by atoms with Crippen LogP contribution in [0.3, 0.4) is 0 Å². The van der Waals surface area contributed by atoms with Gasteiger partial charge in [-0.3, -0.25) is 0 Å². The lowest BCUT2D eigenvalue weighted by molar-refractivity contribution is 0.591. The molecule has 2 aromatic heterocycles. The summed E-state index contributed by atoms with van der Waals surface area (Å²) in [5.74, 6) is 0. The highest BCUT2D eigenvalue weighted by Gasteiger charge is 2.21. The summed E-state index contributed by atoms with van der Waals surface area (Å²) in [6.45, 7) is 6.90. The van der Waals surface area contributed by atoms with E-state index in [0.29, 0.717) is 0 Å². The van der Waals surface area contributed by atoms with Gasteiger partial charge >= 0.3 is 0 Å². The van der Waals surface area contributed by atoms with Crippen molar-refractivity contribution in [3.63, 3.8) is 0 Å². The maximum Gasteiger partial charge on any atom is 0.143 e. The Balaban J connectivity index is 1.09. The molecule has 0 unspecified atom stereocenters. The third-order valence-corrected chi connectivity index (χ3v) is 11.8. The fourth-order valence-corrected chi connectivity index (χ4v) is 9.04. The first-order valence-electron chi connectivity index (χ1n) is 19.5. The van der Waals surface area contributed by atoms with Crippen LogP contribution in [0.5, 0.6) is 0 Å². The van der Waals surface area contributed by atoms with E-state index < -0.39 is 0 Å². The minimum atomic E-state index is 0.0272. The lowest BCUT2D eigenvalue weighted by Gasteiger charge is -2.23. The van der Waals surface area contributed by atoms with Crippen molar-refractivity contribution in [1.29, 1.82) is 0 Å². The Morgan fingerprint density at radius 2 is 0.982 bits per heavy atom. The van der Waals surface area contributed by atoms with Crippen molar-refractivity contribution >= 4 is 65.3 Å². The highest BCUT2D eigenvalue weighted by molar-refractivity contribution is 6.21. The summed E-state index contributed by atoms with van der Waals surface area (Å²) in [6.07, 6.45) is 0. The highest BCUT2D eigenvalue weighted by atomic mass is 16.3. The first kappa shape index (κ1) is 32.5. The summed E-state index contributed by atoms with van der Waals surface area (Å²) in [4.78, 5) is 0. The lowest BCUT2D eigenvalue weighted by atomic mass is 9.81. The number of hydrogen-bond acceptors (Lipinski definition) is 1. The van der Waals surface area contributed by atoms with Gasteiger partial charge < -0.3 is 8.98 Å². The van der Waals surface area contributed by atoms with Crippen molar-refractivity contribution in [2.24, 2.45) is 0 Å². The number of nitrogens with zero attached hydrogens (tertiary/aromatic N) is 1. The average molecular weight is 718 g/mol. The monoisotopic (exact) mass is 717 g/mol. The molecule has 0 amide bonds. The van der Waals surface area contributed by atoms with Crippen molar-refractivity contribution in [1.82, 2.24) is 4.57 Å². The van der Waals surface area contributed by atoms with Crippen molar-refractivity contribution in [3.8, 4) is 39.1 Å². The molecule has 0 saturated heterocycles. The summed E-state index contributed by atoms with van der Waals surface area (Å²) >= 11 is 0. The summed E-state index contributed by atoms with van der Waals surface area (Å²) in [7, 11) is 0. The van der Waals surface area contributed by atoms with Crippen LogP contribution in [0.1, 0.15) is 26.3 Å². The van der Waals surface area contributed by atoms with Gasteiger partial charge in [0.05, 0.1) is 11.0 Å². The number of hydrogen-bond donors (Lipinski definition) is 0. The molecule has 2 nitrogen and oxygen atoms in total. The van der Waals surface area contributed by atoms with Crippen LogP contribution >= 0.6 is 0 Å². The molecule has 11 aromatic rings. The molecule has 0 atom stereocenters. The van der Waals surface area contributed by atoms with Crippen molar-refractivity contribution in [2.45, 2.75) is 26.2 Å². The van der Waals surface area contributed by atoms with Crippen LogP contribution in [-0.4, -0.2) is 4.57 Å². The maximum absolute atomic E-state index is 6.46. The Kier molecular flexibility index (Phi) is 7.15. The Morgan fingerprint density at radius 3 is 1.75 bits per heavy atom. The van der Waals surface area contributed by atoms with Gasteiger partial charge in [-0.25, -0.2) is 0 Å². The molecule has 0 radical (unpaired) electrons. The topological polar surface area (TPSA) is 18.1 Å². The summed E-state index contributed by atoms with van der Waals surface area (Å²) in [6, 6.07) is 66.5. The molecule has 0 N–H and O–H groups in total. The Bertz CT molecular complexity index is 3320. The number of benzene rings is 9. The average Bonchev–Trinajstić information content (AvgIpc) is 3.78. The fraction of sp³-hybridized carbons (Fsp3) is 0.0741. The van der Waals surface area contributed by atoms with Gasteiger partial charge in [-0.15, -0.1) is 0 Å². The standard InChI is InChI=1S/C54H39NO/c1-54(2,3)37-27-30-44-47(33-37)52(34-14-5-4-6-15-34)43-19-8-7-18-42(43)51(44)35-24-28-38(29-25-35)55-48-22-11-9-16-40(48)46-32-36(26-31-49(46)55)39-20-13-21-45-41-17-10-12-23-50(41)56-53(39)45/h4-33H,1-3H3. The molecule has 0 aliphatic heterocycles. The van der Waals surface area contributed by atoms with E-state index in [1.54, 1.807) is 0 Å². The van der Waals surface area contributed by atoms with Crippen molar-refractivity contribution < 1.29 is 4.42 Å². The zero-order chi connectivity index (χ0) is 37.5. The molecular formula is C54H39NO. The van der Waals surface area contributed by atoms with Crippen molar-refractivity contribution in [2.75, 3.05) is 0 Å². The van der Waals surface area contributed by atoms with Gasteiger partial charge in [0.1, 0.15) is 11.2 Å². The molecule has 0 bridgehead atoms. The van der Waals surface area contributed by atoms with E-state index >= 15 is 0 Å². The molecule has 0 fully saturated rings. The summed E-state index contributed by atoms with van der Waals surface area (Å²) < 4.78 is 8.86. The van der Waals surface area contributed by atoms with Gasteiger partial charge in [-0.1, -0.05) is 160 Å². The molecular weight excluding hydrogens is 679 g/mol. The van der Waals surface area contributed by atoms with E-state index in [-0.39, 0.29) is 5.41 Å². The van der Waals surface area contributed by atoms with Crippen LogP contribution in [0.25, 0.3) is 104 Å². The quantitative estimate of drug-likeness (QED) is 0.166. The first-order valence-corrected chi connectivity index (χ1v) is 19.5. The van der Waals surface area contributed by atoms with Gasteiger partial charge in [0.15, 0.2) is 0 Å². The summed E-state index contributed by atoms with van der Waals surface area (Å²) in [5.41, 5.74) is 14.0. The van der Waals surface area contributed by atoms with E-state index in [2.05, 4.69) is 201 Å². The molecule has 56 heavy (non-hydrogen) atoms. The zero-order valence-corrected chi connectivity index (χ0v) is 31.7. The Morgan fingerprint density at radius 1 is 0.393 bits per heavy atom. The van der Waals surface area contributed by atoms with Crippen LogP contribution in [0.15, 0.2) is 186 Å². The first-order chi connectivity index (χ1) is 27.4. The second kappa shape index (κ2) is 12.3. The SMILES string of the molecule is CC(C)(C)c1ccc2c(-c3ccc(-n4c5ccccc5c5cc(-c6cccc7c6oc6ccccc67)ccc54)cc3)c3ccccc3c(-c3ccccc3)c2c1. The number of fused-ring (bicyclic) bond motifs is 8. The molecule has 0 aliphatic rings. The molecule has 2 heteroatoms. The third kappa shape index (κ3) is 4.96. The number of furan rings is 1. The Hall–Kier alpha value is -6.90. The number of aromatic nitrogens is 1.